The normalized spacial score (nSPS) is 44.7. The molecule has 24 heteroatoms. The molecule has 4 fully saturated rings. The summed E-state index contributed by atoms with van der Waals surface area (Å²) in [6.45, 7) is 0. The Hall–Kier alpha value is -1.88. The van der Waals surface area contributed by atoms with E-state index in [1.807, 2.05) is 0 Å². The van der Waals surface area contributed by atoms with E-state index in [0.717, 1.165) is 0 Å². The lowest BCUT2D eigenvalue weighted by Gasteiger charge is -2.71. The van der Waals surface area contributed by atoms with Crippen LogP contribution in [-0.2, 0) is 9.53 Å². The van der Waals surface area contributed by atoms with Crippen LogP contribution in [0.5, 0.6) is 0 Å². The van der Waals surface area contributed by atoms with Crippen molar-refractivity contribution in [1.29, 1.82) is 0 Å². The van der Waals surface area contributed by atoms with Crippen LogP contribution >= 0.6 is 0 Å². The second kappa shape index (κ2) is 6.37. The van der Waals surface area contributed by atoms with Gasteiger partial charge in [-0.05, 0) is 0 Å². The molecule has 0 aromatic rings. The van der Waals surface area contributed by atoms with Crippen LogP contribution in [0.1, 0.15) is 0 Å². The van der Waals surface area contributed by atoms with E-state index in [9.17, 15) is 83.8 Å². The van der Waals surface area contributed by atoms with E-state index in [-0.39, 0.29) is 0 Å². The van der Waals surface area contributed by atoms with Crippen molar-refractivity contribution >= 4 is 5.78 Å². The highest BCUT2D eigenvalue weighted by atomic mass is 19.4. The summed E-state index contributed by atoms with van der Waals surface area (Å²) >= 11 is 0. The summed E-state index contributed by atoms with van der Waals surface area (Å²) < 4.78 is 294. The average molecular weight is 616 g/mol. The molecule has 4 saturated carbocycles. The minimum atomic E-state index is -8.51. The maximum Gasteiger partial charge on any atom is 0.459 e. The van der Waals surface area contributed by atoms with Gasteiger partial charge in [0.15, 0.2) is 0 Å². The van der Waals surface area contributed by atoms with Crippen LogP contribution in [0.2, 0.25) is 0 Å². The molecule has 4 aliphatic rings. The van der Waals surface area contributed by atoms with Gasteiger partial charge < -0.3 is 5.11 Å². The maximum absolute atomic E-state index is 15.2. The molecule has 4 aliphatic carbocycles. The topological polar surface area (TPSA) is 46.5 Å². The van der Waals surface area contributed by atoms with Gasteiger partial charge in [0.1, 0.15) is 0 Å². The van der Waals surface area contributed by atoms with Gasteiger partial charge in [0.25, 0.3) is 0 Å². The Kier molecular flexibility index (Phi) is 5.14. The van der Waals surface area contributed by atoms with Gasteiger partial charge in [-0.25, -0.2) is 22.0 Å². The van der Waals surface area contributed by atoms with Crippen molar-refractivity contribution in [3.63, 3.8) is 0 Å². The number of alkyl halides is 21. The molecular weight excluding hydrogens is 615 g/mol. The Morgan fingerprint density at radius 3 is 1.26 bits per heavy atom. The SMILES string of the molecule is O=C1C2(F)C(F)(F)C3(F)C(F)(F)C1(F)C(F)(OC(F)(F)C(O)(F)C(F)(F)C(F)(F)F)C(F)(C2(F)F)C3(F)F. The monoisotopic (exact) mass is 616 g/mol. The zero-order chi connectivity index (χ0) is 30.8. The Morgan fingerprint density at radius 1 is 0.553 bits per heavy atom. The second-order valence-corrected chi connectivity index (χ2v) is 8.17. The van der Waals surface area contributed by atoms with Gasteiger partial charge in [0, 0.05) is 0 Å². The fourth-order valence-corrected chi connectivity index (χ4v) is 4.34. The van der Waals surface area contributed by atoms with Crippen LogP contribution in [0.15, 0.2) is 0 Å². The largest absolute Gasteiger partial charge is 0.459 e. The Balaban J connectivity index is 2.49. The van der Waals surface area contributed by atoms with Crippen molar-refractivity contribution in [1.82, 2.24) is 0 Å². The van der Waals surface area contributed by atoms with E-state index in [1.54, 1.807) is 0 Å². The third-order valence-electron chi connectivity index (χ3n) is 6.40. The van der Waals surface area contributed by atoms with Crippen molar-refractivity contribution in [2.45, 2.75) is 76.3 Å². The highest BCUT2D eigenvalue weighted by Crippen LogP contribution is 2.85. The first-order valence-electron chi connectivity index (χ1n) is 8.55. The zero-order valence-corrected chi connectivity index (χ0v) is 16.2. The zero-order valence-electron chi connectivity index (χ0n) is 16.2. The predicted molar refractivity (Wildman–Crippen MR) is 67.1 cm³/mol. The minimum Gasteiger partial charge on any atom is -0.350 e. The molecule has 38 heavy (non-hydrogen) atoms. The molecular formula is C14HF21O3. The van der Waals surface area contributed by atoms with Crippen LogP contribution in [0, 0.1) is 0 Å². The molecule has 6 unspecified atom stereocenters. The summed E-state index contributed by atoms with van der Waals surface area (Å²) in [6.07, 6.45) is -16.2. The van der Waals surface area contributed by atoms with Crippen LogP contribution in [-0.4, -0.2) is 87.2 Å². The molecule has 0 radical (unpaired) electrons. The molecule has 1 N–H and O–H groups in total. The van der Waals surface area contributed by atoms with Gasteiger partial charge in [-0.1, -0.05) is 0 Å². The molecule has 4 rings (SSSR count). The lowest BCUT2D eigenvalue weighted by Crippen LogP contribution is -3.07. The molecule has 4 bridgehead atoms. The van der Waals surface area contributed by atoms with Crippen LogP contribution in [0.4, 0.5) is 92.2 Å². The maximum atomic E-state index is 15.2. The average Bonchev–Trinajstić information content (AvgIpc) is 2.71. The molecule has 3 nitrogen and oxygen atoms in total. The summed E-state index contributed by atoms with van der Waals surface area (Å²) in [5.74, 6) is -63.1. The van der Waals surface area contributed by atoms with Gasteiger partial charge in [-0.3, -0.25) is 9.53 Å². The van der Waals surface area contributed by atoms with Crippen LogP contribution in [0.3, 0.4) is 0 Å². The van der Waals surface area contributed by atoms with Gasteiger partial charge in [0.2, 0.25) is 5.78 Å². The predicted octanol–water partition coefficient (Wildman–Crippen LogP) is 5.10. The van der Waals surface area contributed by atoms with Crippen molar-refractivity contribution in [3.8, 4) is 0 Å². The lowest BCUT2D eigenvalue weighted by molar-refractivity contribution is -0.583. The molecule has 6 atom stereocenters. The molecule has 0 aromatic carbocycles. The molecule has 0 aromatic heterocycles. The number of rotatable bonds is 4. The van der Waals surface area contributed by atoms with Crippen molar-refractivity contribution in [2.75, 3.05) is 0 Å². The summed E-state index contributed by atoms with van der Waals surface area (Å²) in [6, 6.07) is 0. The highest BCUT2D eigenvalue weighted by Gasteiger charge is 3.20. The quantitative estimate of drug-likeness (QED) is 0.448. The third kappa shape index (κ3) is 2.11. The fraction of sp³-hybridized carbons (Fsp3) is 0.929. The Labute approximate surface area is 190 Å². The highest BCUT2D eigenvalue weighted by molar-refractivity contribution is 6.04. The van der Waals surface area contributed by atoms with Gasteiger partial charge >= 0.3 is 76.3 Å². The van der Waals surface area contributed by atoms with Gasteiger partial charge in [0.05, 0.1) is 0 Å². The van der Waals surface area contributed by atoms with Crippen LogP contribution in [0.25, 0.3) is 0 Å². The Bertz CT molecular complexity index is 1100. The summed E-state index contributed by atoms with van der Waals surface area (Å²) in [7, 11) is 0. The van der Waals surface area contributed by atoms with E-state index in [1.165, 1.54) is 4.74 Å². The number of ketones is 1. The van der Waals surface area contributed by atoms with Crippen molar-refractivity contribution < 1.29 is 107 Å². The smallest absolute Gasteiger partial charge is 0.350 e. The third-order valence-corrected chi connectivity index (χ3v) is 6.40. The number of halogens is 21. The first-order chi connectivity index (χ1) is 16.1. The molecule has 0 aliphatic heterocycles. The number of aliphatic hydroxyl groups is 1. The molecule has 0 saturated heterocycles. The van der Waals surface area contributed by atoms with E-state index in [4.69, 9.17) is 5.11 Å². The number of hydrogen-bond donors (Lipinski definition) is 1. The van der Waals surface area contributed by atoms with E-state index in [0.29, 0.717) is 0 Å². The summed E-state index contributed by atoms with van der Waals surface area (Å²) in [5.41, 5.74) is -32.4. The molecule has 0 spiro atoms. The molecule has 0 amide bonds. The van der Waals surface area contributed by atoms with Crippen molar-refractivity contribution in [2.24, 2.45) is 0 Å². The van der Waals surface area contributed by atoms with Crippen LogP contribution < -0.4 is 0 Å². The van der Waals surface area contributed by atoms with Gasteiger partial charge in [-0.15, -0.1) is 0 Å². The number of carbonyl (C=O) groups excluding carboxylic acids is 1. The summed E-state index contributed by atoms with van der Waals surface area (Å²) in [4.78, 5) is 11.6. The van der Waals surface area contributed by atoms with Gasteiger partial charge in [-0.2, -0.15) is 70.2 Å². The minimum absolute atomic E-state index is 1.50. The number of Topliss-reactive ketones (excluding diaryl/α,β-unsaturated/α-hetero) is 1. The second-order valence-electron chi connectivity index (χ2n) is 8.17. The van der Waals surface area contributed by atoms with E-state index in [2.05, 4.69) is 0 Å². The molecule has 0 heterocycles. The number of ether oxygens (including phenoxy) is 1. The fourth-order valence-electron chi connectivity index (χ4n) is 4.34. The first-order valence-corrected chi connectivity index (χ1v) is 8.55. The standard InChI is InChI=1S/C14HF21O3/c15-2-1(36)3(16)8(23,24)4(17,6(2,19)20)9(25,26)5(18,7(2,21)22)12(3,30)38-14(34,35)11(29,37)10(27,28)13(31,32)33/h37H. The van der Waals surface area contributed by atoms with E-state index < -0.39 is 82.1 Å². The van der Waals surface area contributed by atoms with Crippen molar-refractivity contribution in [3.05, 3.63) is 0 Å². The lowest BCUT2D eigenvalue weighted by atomic mass is 9.41. The number of carbonyl (C=O) groups is 1. The summed E-state index contributed by atoms with van der Waals surface area (Å²) in [5, 5.41) is 8.34. The molecule has 222 valence electrons. The first kappa shape index (κ1) is 30.7. The Morgan fingerprint density at radius 2 is 0.895 bits per heavy atom. The number of hydrogen-bond acceptors (Lipinski definition) is 3. The van der Waals surface area contributed by atoms with E-state index >= 15 is 13.2 Å².